The number of hydrogen-bond donors (Lipinski definition) is 1. The number of rotatable bonds is 5. The Morgan fingerprint density at radius 1 is 0.976 bits per heavy atom. The Kier molecular flexibility index (Phi) is 9.76. The predicted octanol–water partition coefficient (Wildman–Crippen LogP) is 9.96. The van der Waals surface area contributed by atoms with Crippen molar-refractivity contribution >= 4 is 33.3 Å². The van der Waals surface area contributed by atoms with Gasteiger partial charge in [0.05, 0.1) is 5.56 Å². The number of furan rings is 1. The number of aryl methyl sites for hydroxylation is 1. The number of carbonyl (C=O) groups is 1. The summed E-state index contributed by atoms with van der Waals surface area (Å²) < 4.78 is 6.35. The van der Waals surface area contributed by atoms with Gasteiger partial charge in [0.2, 0.25) is 0 Å². The monoisotopic (exact) mass is 736 g/mol. The van der Waals surface area contributed by atoms with Gasteiger partial charge in [0.1, 0.15) is 11.3 Å². The summed E-state index contributed by atoms with van der Waals surface area (Å²) in [6.07, 6.45) is 3.17. The van der Waals surface area contributed by atoms with Gasteiger partial charge in [-0.25, -0.2) is 0 Å². The zero-order valence-electron chi connectivity index (χ0n) is 25.0. The van der Waals surface area contributed by atoms with Crippen molar-refractivity contribution in [3.63, 3.8) is 0 Å². The molecule has 1 aromatic heterocycles. The largest absolute Gasteiger partial charge is 0.682 e. The van der Waals surface area contributed by atoms with Crippen LogP contribution in [0.4, 0.5) is 0 Å². The summed E-state index contributed by atoms with van der Waals surface area (Å²) >= 11 is 0. The van der Waals surface area contributed by atoms with Crippen molar-refractivity contribution in [2.45, 2.75) is 54.0 Å². The molecule has 42 heavy (non-hydrogen) atoms. The van der Waals surface area contributed by atoms with Crippen molar-refractivity contribution < 1.29 is 34.4 Å². The van der Waals surface area contributed by atoms with Crippen LogP contribution in [0.3, 0.4) is 0 Å². The molecule has 1 radical (unpaired) electrons. The van der Waals surface area contributed by atoms with Crippen LogP contribution in [0.1, 0.15) is 78.8 Å². The third-order valence-corrected chi connectivity index (χ3v) is 7.48. The van der Waals surface area contributed by atoms with Crippen LogP contribution in [-0.4, -0.2) is 10.9 Å². The van der Waals surface area contributed by atoms with Crippen LogP contribution in [0, 0.1) is 24.8 Å². The molecule has 219 valence electrons. The fourth-order valence-corrected chi connectivity index (χ4v) is 5.58. The molecular formula is C37H37IrNO3-2. The quantitative estimate of drug-likeness (QED) is 0.144. The zero-order valence-corrected chi connectivity index (χ0v) is 27.4. The number of fused-ring (bicyclic) bond motifs is 4. The van der Waals surface area contributed by atoms with Gasteiger partial charge in [-0.2, -0.15) is 23.9 Å². The third-order valence-electron chi connectivity index (χ3n) is 7.48. The van der Waals surface area contributed by atoms with Crippen molar-refractivity contribution in [1.82, 2.24) is 0 Å². The van der Waals surface area contributed by atoms with E-state index in [-0.39, 0.29) is 37.7 Å². The normalized spacial score (nSPS) is 14.1. The van der Waals surface area contributed by atoms with Crippen molar-refractivity contribution in [3.8, 4) is 5.75 Å². The van der Waals surface area contributed by atoms with Gasteiger partial charge in [0, 0.05) is 31.1 Å². The maximum Gasteiger partial charge on any atom is 0.163 e. The number of phenolic OH excluding ortho intramolecular Hbond substituents is 1. The Bertz CT molecular complexity index is 1760. The smallest absolute Gasteiger partial charge is 0.163 e. The minimum atomic E-state index is -0.113. The van der Waals surface area contributed by atoms with E-state index in [2.05, 4.69) is 83.3 Å². The van der Waals surface area contributed by atoms with Gasteiger partial charge in [-0.15, -0.1) is 5.56 Å². The van der Waals surface area contributed by atoms with Crippen molar-refractivity contribution in [1.29, 1.82) is 0 Å². The number of Topliss-reactive ketones (excluding diaryl/α,β-unsaturated/α-hetero) is 1. The van der Waals surface area contributed by atoms with Gasteiger partial charge in [-0.1, -0.05) is 106 Å². The topological polar surface area (TPSA) is 64.5 Å². The molecule has 0 fully saturated rings. The van der Waals surface area contributed by atoms with E-state index in [0.29, 0.717) is 17.4 Å². The van der Waals surface area contributed by atoms with Crippen LogP contribution in [0.5, 0.6) is 5.75 Å². The molecule has 0 saturated heterocycles. The number of ketones is 1. The Morgan fingerprint density at radius 3 is 2.36 bits per heavy atom. The van der Waals surface area contributed by atoms with Crippen LogP contribution < -0.4 is 0 Å². The molecule has 5 aromatic rings. The average molecular weight is 736 g/mol. The first-order valence-corrected chi connectivity index (χ1v) is 14.3. The molecular weight excluding hydrogens is 699 g/mol. The molecule has 1 aliphatic rings. The van der Waals surface area contributed by atoms with Crippen molar-refractivity contribution in [2.24, 2.45) is 11.8 Å². The second-order valence-electron chi connectivity index (χ2n) is 11.6. The first-order valence-electron chi connectivity index (χ1n) is 14.3. The molecule has 4 nitrogen and oxygen atoms in total. The number of para-hydroxylation sites is 2. The second-order valence-corrected chi connectivity index (χ2v) is 11.6. The molecule has 6 rings (SSSR count). The molecule has 4 aromatic carbocycles. The molecule has 0 amide bonds. The Balaban J connectivity index is 0.000000314. The third kappa shape index (κ3) is 6.38. The van der Waals surface area contributed by atoms with E-state index in [1.807, 2.05) is 12.1 Å². The molecule has 5 heteroatoms. The average Bonchev–Trinajstić information content (AvgIpc) is 3.30. The Morgan fingerprint density at radius 2 is 1.69 bits per heavy atom. The standard InChI is InChI=1S/C29H29NO.C8H8O2.Ir/c1-17(2)12-20-10-11-22-23(15-20)26(18(3)4)16-30-28(22)25-14-19(5)13-24-21-8-6-7-9-27(21)31-29(24)25;1-6(9)7-4-2-3-5-8(7)10;/h6-11,13,15-18,28H,12H2,1-5H3;2-5,10H,1H3;/q-2;;. The van der Waals surface area contributed by atoms with Gasteiger partial charge < -0.3 is 14.8 Å². The Hall–Kier alpha value is -3.66. The minimum absolute atomic E-state index is 0. The number of aromatic hydroxyl groups is 1. The molecule has 1 aliphatic heterocycles. The molecule has 1 unspecified atom stereocenters. The molecule has 2 heterocycles. The minimum Gasteiger partial charge on any atom is -0.682 e. The maximum absolute atomic E-state index is 10.7. The van der Waals surface area contributed by atoms with Gasteiger partial charge >= 0.3 is 0 Å². The molecule has 0 saturated carbocycles. The van der Waals surface area contributed by atoms with Crippen LogP contribution in [0.25, 0.3) is 32.8 Å². The van der Waals surface area contributed by atoms with Crippen LogP contribution in [-0.2, 0) is 26.5 Å². The number of allylic oxidation sites excluding steroid dienone is 1. The Labute approximate surface area is 262 Å². The first-order chi connectivity index (χ1) is 19.6. The van der Waals surface area contributed by atoms with Gasteiger partial charge in [0.25, 0.3) is 0 Å². The van der Waals surface area contributed by atoms with Crippen molar-refractivity contribution in [3.05, 3.63) is 124 Å². The van der Waals surface area contributed by atoms with Gasteiger partial charge in [0.15, 0.2) is 5.78 Å². The molecule has 0 aliphatic carbocycles. The fraction of sp³-hybridized carbons (Fsp3) is 0.270. The molecule has 1 N–H and O–H groups in total. The summed E-state index contributed by atoms with van der Waals surface area (Å²) in [5, 5.41) is 16.4. The second kappa shape index (κ2) is 13.1. The van der Waals surface area contributed by atoms with E-state index in [1.54, 1.807) is 18.2 Å². The van der Waals surface area contributed by atoms with Crippen LogP contribution in [0.15, 0.2) is 83.4 Å². The van der Waals surface area contributed by atoms with E-state index in [1.165, 1.54) is 35.3 Å². The van der Waals surface area contributed by atoms with E-state index in [9.17, 15) is 4.79 Å². The zero-order chi connectivity index (χ0) is 29.3. The number of phenols is 1. The number of carbonyl (C=O) groups excluding carboxylic acids is 1. The van der Waals surface area contributed by atoms with Crippen LogP contribution >= 0.6 is 0 Å². The number of benzene rings is 4. The first kappa shape index (κ1) is 31.3. The van der Waals surface area contributed by atoms with Crippen molar-refractivity contribution in [2.75, 3.05) is 0 Å². The summed E-state index contributed by atoms with van der Waals surface area (Å²) in [4.78, 5) is 10.7. The fourth-order valence-electron chi connectivity index (χ4n) is 5.58. The number of nitrogens with zero attached hydrogens (tertiary/aromatic N) is 1. The summed E-state index contributed by atoms with van der Waals surface area (Å²) in [6.45, 7) is 12.6. The van der Waals surface area contributed by atoms with E-state index in [0.717, 1.165) is 39.5 Å². The SMILES string of the molecule is CC(=O)c1ccccc1O.Cc1[c-]c(C2[N-]C=C(C(C)C)c3cc(CC(C)C)ccc32)c2oc3ccccc3c2c1.[Ir]. The number of hydrogen-bond acceptors (Lipinski definition) is 3. The molecule has 0 spiro atoms. The molecule has 1 atom stereocenters. The van der Waals surface area contributed by atoms with E-state index >= 15 is 0 Å². The molecule has 0 bridgehead atoms. The summed E-state index contributed by atoms with van der Waals surface area (Å²) in [6, 6.07) is 27.4. The van der Waals surface area contributed by atoms with Gasteiger partial charge in [-0.3, -0.25) is 4.79 Å². The predicted molar refractivity (Wildman–Crippen MR) is 168 cm³/mol. The summed E-state index contributed by atoms with van der Waals surface area (Å²) in [7, 11) is 0. The van der Waals surface area contributed by atoms with Gasteiger partial charge in [-0.05, 0) is 54.5 Å². The van der Waals surface area contributed by atoms with E-state index < -0.39 is 0 Å². The van der Waals surface area contributed by atoms with E-state index in [4.69, 9.17) is 14.8 Å². The maximum atomic E-state index is 10.7. The summed E-state index contributed by atoms with van der Waals surface area (Å²) in [5.41, 5.74) is 9.62. The van der Waals surface area contributed by atoms with Crippen LogP contribution in [0.2, 0.25) is 0 Å². The summed E-state index contributed by atoms with van der Waals surface area (Å²) in [5.74, 6) is 0.993.